The Hall–Kier alpha value is -2.63. The third kappa shape index (κ3) is 4.50. The third-order valence-corrected chi connectivity index (χ3v) is 4.52. The molecule has 1 aliphatic rings. The van der Waals surface area contributed by atoms with Gasteiger partial charge in [0.1, 0.15) is 6.10 Å². The number of hydrogen-bond acceptors (Lipinski definition) is 5. The maximum Gasteiger partial charge on any atom is 0.257 e. The molecule has 0 radical (unpaired) electrons. The summed E-state index contributed by atoms with van der Waals surface area (Å²) in [5, 5.41) is 0. The summed E-state index contributed by atoms with van der Waals surface area (Å²) in [4.78, 5) is 25.1. The Balaban J connectivity index is 1.63. The quantitative estimate of drug-likeness (QED) is 0.825. The Labute approximate surface area is 154 Å². The molecule has 0 N–H and O–H groups in total. The molecule has 6 heteroatoms. The van der Waals surface area contributed by atoms with E-state index in [-0.39, 0.29) is 12.0 Å². The summed E-state index contributed by atoms with van der Waals surface area (Å²) in [5.41, 5.74) is 2.23. The van der Waals surface area contributed by atoms with Crippen LogP contribution >= 0.6 is 0 Å². The Bertz CT molecular complexity index is 763. The number of carbonyl (C=O) groups excluding carboxylic acids is 1. The second kappa shape index (κ2) is 8.17. The van der Waals surface area contributed by atoms with E-state index < -0.39 is 0 Å². The largest absolute Gasteiger partial charge is 0.470 e. The lowest BCUT2D eigenvalue weighted by molar-refractivity contribution is -0.133. The molecule has 1 aromatic carbocycles. The predicted molar refractivity (Wildman–Crippen MR) is 101 cm³/mol. The van der Waals surface area contributed by atoms with Gasteiger partial charge in [-0.3, -0.25) is 4.79 Å². The number of ether oxygens (including phenoxy) is 1. The van der Waals surface area contributed by atoms with Gasteiger partial charge in [0.2, 0.25) is 5.91 Å². The van der Waals surface area contributed by atoms with Crippen molar-refractivity contribution >= 4 is 11.7 Å². The van der Waals surface area contributed by atoms with Gasteiger partial charge in [-0.1, -0.05) is 29.8 Å². The van der Waals surface area contributed by atoms with Gasteiger partial charge in [0.15, 0.2) is 5.82 Å². The summed E-state index contributed by atoms with van der Waals surface area (Å²) in [6.07, 6.45) is 5.51. The minimum atomic E-state index is -0.0550. The lowest BCUT2D eigenvalue weighted by Gasteiger charge is -2.33. The van der Waals surface area contributed by atoms with Crippen LogP contribution in [0.3, 0.4) is 0 Å². The molecule has 1 fully saturated rings. The molecular formula is C20H26N4O2. The first kappa shape index (κ1) is 18.2. The average molecular weight is 354 g/mol. The molecule has 1 atom stereocenters. The van der Waals surface area contributed by atoms with Crippen LogP contribution < -0.4 is 9.64 Å². The number of benzene rings is 1. The topological polar surface area (TPSA) is 58.6 Å². The molecule has 1 saturated heterocycles. The van der Waals surface area contributed by atoms with E-state index in [2.05, 4.69) is 16.0 Å². The van der Waals surface area contributed by atoms with Gasteiger partial charge >= 0.3 is 0 Å². The lowest BCUT2D eigenvalue weighted by atomic mass is 10.1. The number of piperidine rings is 1. The maximum atomic E-state index is 12.7. The molecule has 1 amide bonds. The Morgan fingerprint density at radius 1 is 1.31 bits per heavy atom. The molecule has 0 spiro atoms. The molecule has 2 heterocycles. The normalized spacial score (nSPS) is 17.0. The monoisotopic (exact) mass is 354 g/mol. The van der Waals surface area contributed by atoms with Crippen LogP contribution in [-0.4, -0.2) is 54.1 Å². The van der Waals surface area contributed by atoms with Crippen molar-refractivity contribution in [3.05, 3.63) is 47.8 Å². The van der Waals surface area contributed by atoms with Crippen molar-refractivity contribution in [2.24, 2.45) is 0 Å². The first-order chi connectivity index (χ1) is 12.5. The average Bonchev–Trinajstić information content (AvgIpc) is 2.62. The minimum Gasteiger partial charge on any atom is -0.470 e. The van der Waals surface area contributed by atoms with E-state index in [1.807, 2.05) is 49.0 Å². The number of aromatic nitrogens is 2. The van der Waals surface area contributed by atoms with Crippen molar-refractivity contribution in [1.82, 2.24) is 14.9 Å². The number of rotatable bonds is 5. The highest BCUT2D eigenvalue weighted by Gasteiger charge is 2.26. The number of nitrogens with zero attached hydrogens (tertiary/aromatic N) is 4. The van der Waals surface area contributed by atoms with Crippen molar-refractivity contribution in [2.45, 2.75) is 32.3 Å². The van der Waals surface area contributed by atoms with Crippen LogP contribution in [0.5, 0.6) is 5.88 Å². The second-order valence-corrected chi connectivity index (χ2v) is 6.97. The molecule has 138 valence electrons. The Kier molecular flexibility index (Phi) is 5.71. The highest BCUT2D eigenvalue weighted by molar-refractivity contribution is 5.79. The van der Waals surface area contributed by atoms with Crippen LogP contribution in [0.2, 0.25) is 0 Å². The van der Waals surface area contributed by atoms with Gasteiger partial charge in [0.25, 0.3) is 5.88 Å². The van der Waals surface area contributed by atoms with Crippen LogP contribution in [0, 0.1) is 6.92 Å². The molecule has 2 aromatic rings. The zero-order valence-electron chi connectivity index (χ0n) is 15.7. The van der Waals surface area contributed by atoms with E-state index in [0.29, 0.717) is 24.7 Å². The molecule has 6 nitrogen and oxygen atoms in total. The van der Waals surface area contributed by atoms with E-state index in [0.717, 1.165) is 24.9 Å². The van der Waals surface area contributed by atoms with Crippen molar-refractivity contribution in [1.29, 1.82) is 0 Å². The van der Waals surface area contributed by atoms with E-state index in [4.69, 9.17) is 4.74 Å². The molecule has 1 aromatic heterocycles. The fourth-order valence-electron chi connectivity index (χ4n) is 3.24. The SMILES string of the molecule is Cc1cccc(CC(=O)N2CCCC(Oc3nccnc3N(C)C)C2)c1. The van der Waals surface area contributed by atoms with Gasteiger partial charge < -0.3 is 14.5 Å². The number of carbonyl (C=O) groups is 1. The zero-order valence-corrected chi connectivity index (χ0v) is 15.7. The number of likely N-dealkylation sites (tertiary alicyclic amines) is 1. The van der Waals surface area contributed by atoms with Crippen LogP contribution in [-0.2, 0) is 11.2 Å². The molecule has 0 aliphatic carbocycles. The highest BCUT2D eigenvalue weighted by Crippen LogP contribution is 2.24. The Morgan fingerprint density at radius 2 is 2.12 bits per heavy atom. The molecule has 1 unspecified atom stereocenters. The van der Waals surface area contributed by atoms with Crippen LogP contribution in [0.4, 0.5) is 5.82 Å². The predicted octanol–water partition coefficient (Wildman–Crippen LogP) is 2.46. The fraction of sp³-hybridized carbons (Fsp3) is 0.450. The first-order valence-electron chi connectivity index (χ1n) is 9.01. The number of amides is 1. The van der Waals surface area contributed by atoms with Crippen molar-refractivity contribution in [3.8, 4) is 5.88 Å². The molecule has 0 saturated carbocycles. The first-order valence-corrected chi connectivity index (χ1v) is 9.01. The molecule has 1 aliphatic heterocycles. The van der Waals surface area contributed by atoms with Crippen LogP contribution in [0.25, 0.3) is 0 Å². The summed E-state index contributed by atoms with van der Waals surface area (Å²) >= 11 is 0. The molecule has 26 heavy (non-hydrogen) atoms. The number of aryl methyl sites for hydroxylation is 1. The van der Waals surface area contributed by atoms with Gasteiger partial charge in [-0.15, -0.1) is 0 Å². The zero-order chi connectivity index (χ0) is 18.5. The summed E-state index contributed by atoms with van der Waals surface area (Å²) in [7, 11) is 3.82. The standard InChI is InChI=1S/C20H26N4O2/c1-15-6-4-7-16(12-15)13-18(25)24-11-5-8-17(14-24)26-20-19(23(2)3)21-9-10-22-20/h4,6-7,9-10,12,17H,5,8,11,13-14H2,1-3H3. The van der Waals surface area contributed by atoms with Crippen LogP contribution in [0.15, 0.2) is 36.7 Å². The van der Waals surface area contributed by atoms with E-state index in [9.17, 15) is 4.79 Å². The summed E-state index contributed by atoms with van der Waals surface area (Å²) in [6, 6.07) is 8.11. The van der Waals surface area contributed by atoms with Crippen LogP contribution in [0.1, 0.15) is 24.0 Å². The smallest absolute Gasteiger partial charge is 0.257 e. The van der Waals surface area contributed by atoms with Gasteiger partial charge in [0.05, 0.1) is 13.0 Å². The van der Waals surface area contributed by atoms with Crippen molar-refractivity contribution in [3.63, 3.8) is 0 Å². The number of hydrogen-bond donors (Lipinski definition) is 0. The lowest BCUT2D eigenvalue weighted by Crippen LogP contribution is -2.45. The van der Waals surface area contributed by atoms with E-state index >= 15 is 0 Å². The van der Waals surface area contributed by atoms with Gasteiger partial charge in [-0.05, 0) is 25.3 Å². The molecule has 3 rings (SSSR count). The van der Waals surface area contributed by atoms with E-state index in [1.54, 1.807) is 12.4 Å². The molecule has 0 bridgehead atoms. The van der Waals surface area contributed by atoms with E-state index in [1.165, 1.54) is 5.56 Å². The summed E-state index contributed by atoms with van der Waals surface area (Å²) in [5.74, 6) is 1.38. The fourth-order valence-corrected chi connectivity index (χ4v) is 3.24. The second-order valence-electron chi connectivity index (χ2n) is 6.97. The summed E-state index contributed by atoms with van der Waals surface area (Å²) < 4.78 is 6.09. The molecular weight excluding hydrogens is 328 g/mol. The van der Waals surface area contributed by atoms with Crippen molar-refractivity contribution < 1.29 is 9.53 Å². The third-order valence-electron chi connectivity index (χ3n) is 4.52. The maximum absolute atomic E-state index is 12.7. The van der Waals surface area contributed by atoms with Gasteiger partial charge in [-0.25, -0.2) is 9.97 Å². The van der Waals surface area contributed by atoms with Gasteiger partial charge in [0, 0.05) is 33.0 Å². The minimum absolute atomic E-state index is 0.0550. The van der Waals surface area contributed by atoms with Crippen molar-refractivity contribution in [2.75, 3.05) is 32.1 Å². The summed E-state index contributed by atoms with van der Waals surface area (Å²) in [6.45, 7) is 3.42. The number of anilines is 1. The highest BCUT2D eigenvalue weighted by atomic mass is 16.5. The van der Waals surface area contributed by atoms with Gasteiger partial charge in [-0.2, -0.15) is 0 Å². The Morgan fingerprint density at radius 3 is 2.88 bits per heavy atom.